The Morgan fingerprint density at radius 1 is 1.35 bits per heavy atom. The molecule has 0 aliphatic carbocycles. The fourth-order valence-corrected chi connectivity index (χ4v) is 3.65. The molecule has 1 saturated heterocycles. The van der Waals surface area contributed by atoms with Crippen molar-refractivity contribution in [1.29, 1.82) is 0 Å². The first-order valence-corrected chi connectivity index (χ1v) is 8.33. The van der Waals surface area contributed by atoms with Crippen molar-refractivity contribution in [3.8, 4) is 5.75 Å². The van der Waals surface area contributed by atoms with Gasteiger partial charge in [0.1, 0.15) is 5.75 Å². The molecular weight excluding hydrogens is 312 g/mol. The summed E-state index contributed by atoms with van der Waals surface area (Å²) in [5.41, 5.74) is 1.66. The number of hydrogen-bond acceptors (Lipinski definition) is 4. The number of rotatable bonds is 5. The van der Waals surface area contributed by atoms with Crippen molar-refractivity contribution in [2.45, 2.75) is 18.8 Å². The maximum atomic E-state index is 12.2. The summed E-state index contributed by atoms with van der Waals surface area (Å²) in [6.07, 6.45) is 1.07. The van der Waals surface area contributed by atoms with Gasteiger partial charge in [-0.1, -0.05) is 12.1 Å². The van der Waals surface area contributed by atoms with Crippen LogP contribution in [-0.4, -0.2) is 25.5 Å². The lowest BCUT2D eigenvalue weighted by molar-refractivity contribution is -0.120. The van der Waals surface area contributed by atoms with Gasteiger partial charge in [0.15, 0.2) is 0 Å². The minimum absolute atomic E-state index is 0.0399. The molecule has 2 aromatic rings. The molecule has 1 aliphatic heterocycles. The van der Waals surface area contributed by atoms with E-state index < -0.39 is 0 Å². The summed E-state index contributed by atoms with van der Waals surface area (Å²) in [6, 6.07) is 9.27. The highest BCUT2D eigenvalue weighted by Gasteiger charge is 2.29. The Bertz CT molecular complexity index is 709. The minimum Gasteiger partial charge on any atom is -0.497 e. The molecule has 120 valence electrons. The van der Waals surface area contributed by atoms with E-state index in [-0.39, 0.29) is 24.2 Å². The summed E-state index contributed by atoms with van der Waals surface area (Å²) in [4.78, 5) is 25.0. The van der Waals surface area contributed by atoms with Crippen molar-refractivity contribution >= 4 is 28.8 Å². The van der Waals surface area contributed by atoms with Gasteiger partial charge in [-0.3, -0.25) is 9.59 Å². The lowest BCUT2D eigenvalue weighted by Gasteiger charge is -2.10. The fourth-order valence-electron chi connectivity index (χ4n) is 2.66. The van der Waals surface area contributed by atoms with Crippen molar-refractivity contribution in [1.82, 2.24) is 5.32 Å². The molecule has 2 heterocycles. The van der Waals surface area contributed by atoms with E-state index in [1.165, 1.54) is 11.3 Å². The summed E-state index contributed by atoms with van der Waals surface area (Å²) >= 11 is 1.51. The fraction of sp³-hybridized carbons (Fsp3) is 0.294. The number of benzene rings is 1. The lowest BCUT2D eigenvalue weighted by Crippen LogP contribution is -2.19. The van der Waals surface area contributed by atoms with Crippen LogP contribution in [0.2, 0.25) is 0 Å². The molecule has 5 nitrogen and oxygen atoms in total. The first-order chi connectivity index (χ1) is 11.2. The first-order valence-electron chi connectivity index (χ1n) is 7.45. The predicted octanol–water partition coefficient (Wildman–Crippen LogP) is 2.54. The van der Waals surface area contributed by atoms with Crippen LogP contribution in [-0.2, 0) is 16.0 Å². The van der Waals surface area contributed by atoms with Crippen LogP contribution < -0.4 is 15.4 Å². The summed E-state index contributed by atoms with van der Waals surface area (Å²) in [6.45, 7) is 0.695. The van der Waals surface area contributed by atoms with Crippen molar-refractivity contribution in [3.05, 3.63) is 46.2 Å². The second kappa shape index (κ2) is 6.83. The van der Waals surface area contributed by atoms with Gasteiger partial charge in [-0.15, -0.1) is 11.3 Å². The molecule has 23 heavy (non-hydrogen) atoms. The monoisotopic (exact) mass is 330 g/mol. The first kappa shape index (κ1) is 15.6. The van der Waals surface area contributed by atoms with Gasteiger partial charge >= 0.3 is 0 Å². The highest BCUT2D eigenvalue weighted by atomic mass is 32.1. The normalized spacial score (nSPS) is 16.9. The van der Waals surface area contributed by atoms with Gasteiger partial charge in [-0.25, -0.2) is 0 Å². The predicted molar refractivity (Wildman–Crippen MR) is 90.0 cm³/mol. The second-order valence-corrected chi connectivity index (χ2v) is 6.35. The van der Waals surface area contributed by atoms with Crippen LogP contribution in [0.4, 0.5) is 5.69 Å². The molecule has 2 N–H and O–H groups in total. The number of carbonyl (C=O) groups excluding carboxylic acids is 2. The molecule has 0 saturated carbocycles. The molecule has 1 atom stereocenters. The van der Waals surface area contributed by atoms with Crippen LogP contribution in [0, 0.1) is 0 Å². The summed E-state index contributed by atoms with van der Waals surface area (Å²) in [7, 11) is 1.61. The highest BCUT2D eigenvalue weighted by Crippen LogP contribution is 2.34. The van der Waals surface area contributed by atoms with Gasteiger partial charge < -0.3 is 15.4 Å². The third kappa shape index (κ3) is 3.53. The number of nitrogens with one attached hydrogen (secondary N) is 2. The average molecular weight is 330 g/mol. The number of amides is 2. The van der Waals surface area contributed by atoms with E-state index in [1.807, 2.05) is 35.7 Å². The molecule has 1 aliphatic rings. The quantitative estimate of drug-likeness (QED) is 0.885. The third-order valence-electron chi connectivity index (χ3n) is 3.86. The van der Waals surface area contributed by atoms with Gasteiger partial charge in [0.25, 0.3) is 0 Å². The number of carbonyl (C=O) groups is 2. The lowest BCUT2D eigenvalue weighted by atomic mass is 10.1. The van der Waals surface area contributed by atoms with E-state index in [4.69, 9.17) is 4.74 Å². The van der Waals surface area contributed by atoms with Crippen molar-refractivity contribution < 1.29 is 14.3 Å². The molecule has 1 aromatic carbocycles. The molecule has 1 unspecified atom stereocenters. The van der Waals surface area contributed by atoms with E-state index in [1.54, 1.807) is 7.11 Å². The number of thiophene rings is 1. The zero-order valence-corrected chi connectivity index (χ0v) is 13.6. The zero-order valence-electron chi connectivity index (χ0n) is 12.8. The minimum atomic E-state index is -0.147. The van der Waals surface area contributed by atoms with E-state index in [2.05, 4.69) is 10.6 Å². The topological polar surface area (TPSA) is 67.4 Å². The maximum Gasteiger partial charge on any atom is 0.228 e. The molecule has 0 radical (unpaired) electrons. The zero-order chi connectivity index (χ0) is 16.2. The van der Waals surface area contributed by atoms with Gasteiger partial charge in [0, 0.05) is 11.4 Å². The Morgan fingerprint density at radius 2 is 2.13 bits per heavy atom. The Balaban J connectivity index is 1.66. The van der Waals surface area contributed by atoms with Crippen molar-refractivity contribution in [2.24, 2.45) is 0 Å². The molecule has 1 aromatic heterocycles. The van der Waals surface area contributed by atoms with Gasteiger partial charge in [0.05, 0.1) is 25.1 Å². The summed E-state index contributed by atoms with van der Waals surface area (Å²) < 4.78 is 5.11. The number of ether oxygens (including phenoxy) is 1. The smallest absolute Gasteiger partial charge is 0.228 e. The Hall–Kier alpha value is -2.34. The SMILES string of the molecule is COc1ccc(CC(=O)Nc2ccsc2C2CCNC2=O)cc1. The third-order valence-corrected chi connectivity index (χ3v) is 4.89. The van der Waals surface area contributed by atoms with Crippen LogP contribution >= 0.6 is 11.3 Å². The molecular formula is C17H18N2O3S. The summed E-state index contributed by atoms with van der Waals surface area (Å²) in [5.74, 6) is 0.569. The van der Waals surface area contributed by atoms with Crippen LogP contribution in [0.15, 0.2) is 35.7 Å². The van der Waals surface area contributed by atoms with Gasteiger partial charge in [0.2, 0.25) is 11.8 Å². The largest absolute Gasteiger partial charge is 0.497 e. The van der Waals surface area contributed by atoms with Crippen LogP contribution in [0.3, 0.4) is 0 Å². The van der Waals surface area contributed by atoms with Crippen molar-refractivity contribution in [2.75, 3.05) is 19.0 Å². The Labute approximate surface area is 138 Å². The Morgan fingerprint density at radius 3 is 2.78 bits per heavy atom. The van der Waals surface area contributed by atoms with Gasteiger partial charge in [-0.2, -0.15) is 0 Å². The van der Waals surface area contributed by atoms with Gasteiger partial charge in [-0.05, 0) is 35.6 Å². The molecule has 6 heteroatoms. The van der Waals surface area contributed by atoms with E-state index in [9.17, 15) is 9.59 Å². The molecule has 1 fully saturated rings. The molecule has 0 spiro atoms. The number of anilines is 1. The number of methoxy groups -OCH3 is 1. The maximum absolute atomic E-state index is 12.2. The molecule has 2 amide bonds. The van der Waals surface area contributed by atoms with Crippen LogP contribution in [0.1, 0.15) is 22.8 Å². The van der Waals surface area contributed by atoms with Crippen LogP contribution in [0.25, 0.3) is 0 Å². The average Bonchev–Trinajstić information content (AvgIpc) is 3.16. The van der Waals surface area contributed by atoms with E-state index in [0.717, 1.165) is 28.3 Å². The van der Waals surface area contributed by atoms with E-state index in [0.29, 0.717) is 6.54 Å². The standard InChI is InChI=1S/C17H18N2O3S/c1-22-12-4-2-11(3-5-12)10-15(20)19-14-7-9-23-16(14)13-6-8-18-17(13)21/h2-5,7,9,13H,6,8,10H2,1H3,(H,18,21)(H,19,20). The highest BCUT2D eigenvalue weighted by molar-refractivity contribution is 7.10. The second-order valence-electron chi connectivity index (χ2n) is 5.40. The summed E-state index contributed by atoms with van der Waals surface area (Å²) in [5, 5.41) is 7.66. The molecule has 3 rings (SSSR count). The number of hydrogen-bond donors (Lipinski definition) is 2. The Kier molecular flexibility index (Phi) is 4.62. The molecule has 0 bridgehead atoms. The van der Waals surface area contributed by atoms with Crippen LogP contribution in [0.5, 0.6) is 5.75 Å². The van der Waals surface area contributed by atoms with E-state index >= 15 is 0 Å². The van der Waals surface area contributed by atoms with Crippen molar-refractivity contribution in [3.63, 3.8) is 0 Å².